The van der Waals surface area contributed by atoms with Gasteiger partial charge in [-0.25, -0.2) is 4.68 Å². The topological polar surface area (TPSA) is 84.7 Å². The van der Waals surface area contributed by atoms with Crippen LogP contribution >= 0.6 is 0 Å². The number of benzene rings is 3. The summed E-state index contributed by atoms with van der Waals surface area (Å²) in [6.07, 6.45) is 0.828. The van der Waals surface area contributed by atoms with E-state index in [0.717, 1.165) is 17.7 Å². The lowest BCUT2D eigenvalue weighted by atomic mass is 9.88. The molecule has 32 heavy (non-hydrogen) atoms. The fourth-order valence-corrected chi connectivity index (χ4v) is 3.74. The van der Waals surface area contributed by atoms with E-state index in [2.05, 4.69) is 74.7 Å². The van der Waals surface area contributed by atoms with Gasteiger partial charge in [0, 0.05) is 30.8 Å². The van der Waals surface area contributed by atoms with Gasteiger partial charge in [0.2, 0.25) is 5.91 Å². The Labute approximate surface area is 187 Å². The van der Waals surface area contributed by atoms with Crippen LogP contribution in [0.15, 0.2) is 84.9 Å². The first-order valence-corrected chi connectivity index (χ1v) is 10.6. The molecule has 0 aliphatic heterocycles. The van der Waals surface area contributed by atoms with Crippen LogP contribution in [0.5, 0.6) is 0 Å². The highest BCUT2D eigenvalue weighted by atomic mass is 16.1. The molecule has 0 atom stereocenters. The van der Waals surface area contributed by atoms with Crippen molar-refractivity contribution in [3.05, 3.63) is 96.1 Å². The molecular weight excluding hydrogens is 400 g/mol. The third kappa shape index (κ3) is 5.37. The first kappa shape index (κ1) is 21.2. The normalized spacial score (nSPS) is 10.8. The molecule has 1 heterocycles. The second kappa shape index (κ2) is 10.3. The Morgan fingerprint density at radius 1 is 0.938 bits per heavy atom. The number of aromatic nitrogens is 4. The summed E-state index contributed by atoms with van der Waals surface area (Å²) in [5, 5.41) is 17.8. The number of anilines is 1. The lowest BCUT2D eigenvalue weighted by Gasteiger charge is -2.18. The molecular formula is C25H26N6O. The molecule has 4 rings (SSSR count). The second-order valence-corrected chi connectivity index (χ2v) is 7.57. The minimum absolute atomic E-state index is 0.0457. The summed E-state index contributed by atoms with van der Waals surface area (Å²) in [6.45, 7) is 0.793. The first-order valence-electron chi connectivity index (χ1n) is 10.6. The monoisotopic (exact) mass is 426 g/mol. The van der Waals surface area contributed by atoms with Gasteiger partial charge in [-0.15, -0.1) is 5.10 Å². The Morgan fingerprint density at radius 3 is 2.25 bits per heavy atom. The number of carbonyl (C=O) groups excluding carboxylic acids is 1. The first-order chi connectivity index (χ1) is 15.7. The molecule has 7 heteroatoms. The molecule has 0 aliphatic rings. The smallest absolute Gasteiger partial charge is 0.239 e. The van der Waals surface area contributed by atoms with Crippen molar-refractivity contribution in [3.8, 4) is 11.4 Å². The highest BCUT2D eigenvalue weighted by molar-refractivity contribution is 5.81. The van der Waals surface area contributed by atoms with Crippen molar-refractivity contribution in [3.63, 3.8) is 0 Å². The predicted molar refractivity (Wildman–Crippen MR) is 125 cm³/mol. The van der Waals surface area contributed by atoms with E-state index in [4.69, 9.17) is 0 Å². The molecule has 3 aromatic carbocycles. The fourth-order valence-electron chi connectivity index (χ4n) is 3.74. The van der Waals surface area contributed by atoms with E-state index in [1.165, 1.54) is 11.1 Å². The molecule has 0 aliphatic carbocycles. The Morgan fingerprint density at radius 2 is 1.62 bits per heavy atom. The van der Waals surface area contributed by atoms with Crippen molar-refractivity contribution in [2.75, 3.05) is 18.4 Å². The molecule has 0 fully saturated rings. The van der Waals surface area contributed by atoms with Gasteiger partial charge in [0.1, 0.15) is 0 Å². The second-order valence-electron chi connectivity index (χ2n) is 7.57. The van der Waals surface area contributed by atoms with Crippen LogP contribution in [0.25, 0.3) is 11.4 Å². The van der Waals surface area contributed by atoms with Crippen LogP contribution in [-0.4, -0.2) is 39.2 Å². The maximum Gasteiger partial charge on any atom is 0.239 e. The molecule has 1 amide bonds. The Balaban J connectivity index is 1.31. The number of rotatable bonds is 9. The highest BCUT2D eigenvalue weighted by Crippen LogP contribution is 2.27. The Kier molecular flexibility index (Phi) is 6.87. The fraction of sp³-hybridized carbons (Fsp3) is 0.200. The van der Waals surface area contributed by atoms with Gasteiger partial charge in [0.25, 0.3) is 0 Å². The third-order valence-corrected chi connectivity index (χ3v) is 5.35. The number of hydrogen-bond donors (Lipinski definition) is 2. The van der Waals surface area contributed by atoms with Crippen LogP contribution < -0.4 is 10.6 Å². The minimum atomic E-state index is -0.0457. The van der Waals surface area contributed by atoms with Crippen LogP contribution in [0.3, 0.4) is 0 Å². The number of nitrogens with one attached hydrogen (secondary N) is 2. The number of amides is 1. The zero-order valence-corrected chi connectivity index (χ0v) is 18.0. The average molecular weight is 427 g/mol. The molecule has 162 valence electrons. The molecule has 7 nitrogen and oxygen atoms in total. The van der Waals surface area contributed by atoms with Crippen LogP contribution in [0, 0.1) is 0 Å². The summed E-state index contributed by atoms with van der Waals surface area (Å²) in [7, 11) is 1.79. The number of tetrazole rings is 1. The van der Waals surface area contributed by atoms with Gasteiger partial charge < -0.3 is 10.6 Å². The van der Waals surface area contributed by atoms with Crippen LogP contribution in [-0.2, 0) is 11.8 Å². The van der Waals surface area contributed by atoms with E-state index in [1.807, 2.05) is 36.4 Å². The van der Waals surface area contributed by atoms with Crippen molar-refractivity contribution in [1.82, 2.24) is 25.5 Å². The Hall–Kier alpha value is -4.00. The van der Waals surface area contributed by atoms with Gasteiger partial charge in [-0.05, 0) is 40.1 Å². The summed E-state index contributed by atoms with van der Waals surface area (Å²) in [5.74, 6) is 0.865. The molecule has 0 radical (unpaired) electrons. The van der Waals surface area contributed by atoms with E-state index >= 15 is 0 Å². The van der Waals surface area contributed by atoms with Crippen molar-refractivity contribution in [2.45, 2.75) is 12.3 Å². The average Bonchev–Trinajstić information content (AvgIpc) is 3.28. The van der Waals surface area contributed by atoms with Crippen LogP contribution in [0.2, 0.25) is 0 Å². The summed E-state index contributed by atoms with van der Waals surface area (Å²) < 4.78 is 1.61. The van der Waals surface area contributed by atoms with Crippen molar-refractivity contribution < 1.29 is 4.79 Å². The van der Waals surface area contributed by atoms with E-state index < -0.39 is 0 Å². The number of nitrogens with zero attached hydrogens (tertiary/aromatic N) is 4. The van der Waals surface area contributed by atoms with Gasteiger partial charge in [-0.3, -0.25) is 4.79 Å². The van der Waals surface area contributed by atoms with Crippen molar-refractivity contribution >= 4 is 11.6 Å². The molecule has 4 aromatic rings. The minimum Gasteiger partial charge on any atom is -0.376 e. The predicted octanol–water partition coefficient (Wildman–Crippen LogP) is 3.63. The van der Waals surface area contributed by atoms with E-state index in [1.54, 1.807) is 11.7 Å². The van der Waals surface area contributed by atoms with Gasteiger partial charge in [-0.1, -0.05) is 72.8 Å². The standard InChI is InChI=1S/C25H26N6O/c1-31-25(28-29-30-31)21-13-8-14-22(17-21)27-18-24(32)26-16-15-23(19-9-4-2-5-10-19)20-11-6-3-7-12-20/h2-14,17,23,27H,15-16,18H2,1H3,(H,26,32). The Bertz CT molecular complexity index is 1100. The summed E-state index contributed by atoms with van der Waals surface area (Å²) in [6, 6.07) is 28.5. The largest absolute Gasteiger partial charge is 0.376 e. The third-order valence-electron chi connectivity index (χ3n) is 5.35. The molecule has 0 unspecified atom stereocenters. The lowest BCUT2D eigenvalue weighted by Crippen LogP contribution is -2.31. The molecule has 2 N–H and O–H groups in total. The summed E-state index contributed by atoms with van der Waals surface area (Å²) >= 11 is 0. The molecule has 1 aromatic heterocycles. The van der Waals surface area contributed by atoms with Crippen LogP contribution in [0.4, 0.5) is 5.69 Å². The zero-order chi connectivity index (χ0) is 22.2. The van der Waals surface area contributed by atoms with Crippen molar-refractivity contribution in [1.29, 1.82) is 0 Å². The highest BCUT2D eigenvalue weighted by Gasteiger charge is 2.14. The molecule has 0 saturated heterocycles. The molecule has 0 bridgehead atoms. The van der Waals surface area contributed by atoms with Crippen LogP contribution in [0.1, 0.15) is 23.5 Å². The molecule has 0 saturated carbocycles. The van der Waals surface area contributed by atoms with E-state index in [-0.39, 0.29) is 18.4 Å². The van der Waals surface area contributed by atoms with Gasteiger partial charge in [0.15, 0.2) is 5.82 Å². The number of carbonyl (C=O) groups is 1. The van der Waals surface area contributed by atoms with E-state index in [0.29, 0.717) is 12.4 Å². The van der Waals surface area contributed by atoms with E-state index in [9.17, 15) is 4.79 Å². The van der Waals surface area contributed by atoms with Gasteiger partial charge >= 0.3 is 0 Å². The summed E-state index contributed by atoms with van der Waals surface area (Å²) in [5.41, 5.74) is 4.23. The van der Waals surface area contributed by atoms with Gasteiger partial charge in [-0.2, -0.15) is 0 Å². The number of aryl methyl sites for hydroxylation is 1. The SMILES string of the molecule is Cn1nnnc1-c1cccc(NCC(=O)NCCC(c2ccccc2)c2ccccc2)c1. The zero-order valence-electron chi connectivity index (χ0n) is 18.0. The molecule has 0 spiro atoms. The maximum atomic E-state index is 12.4. The quantitative estimate of drug-likeness (QED) is 0.427. The lowest BCUT2D eigenvalue weighted by molar-refractivity contribution is -0.119. The maximum absolute atomic E-state index is 12.4. The summed E-state index contributed by atoms with van der Waals surface area (Å²) in [4.78, 5) is 12.4. The van der Waals surface area contributed by atoms with Crippen molar-refractivity contribution in [2.24, 2.45) is 7.05 Å². The number of hydrogen-bond acceptors (Lipinski definition) is 5. The van der Waals surface area contributed by atoms with Gasteiger partial charge in [0.05, 0.1) is 6.54 Å².